The van der Waals surface area contributed by atoms with E-state index in [1.807, 2.05) is 36.4 Å². The predicted octanol–water partition coefficient (Wildman–Crippen LogP) is 4.80. The zero-order chi connectivity index (χ0) is 30.6. The van der Waals surface area contributed by atoms with Gasteiger partial charge in [0.2, 0.25) is 17.7 Å². The SMILES string of the molecule is N#Cc1ccc(C(C(=O)NCCc2ccc(O)cc2)N2C(=O)[C@@H]3Cc4ccccc4CN3C(=O)[C@@H]2CC2CCCCC2)cc1. The second-order valence-corrected chi connectivity index (χ2v) is 12.3. The van der Waals surface area contributed by atoms with Crippen LogP contribution in [0.1, 0.15) is 72.4 Å². The van der Waals surface area contributed by atoms with Crippen molar-refractivity contribution in [3.8, 4) is 11.8 Å². The highest BCUT2D eigenvalue weighted by molar-refractivity contribution is 6.00. The minimum absolute atomic E-state index is 0.0924. The molecule has 1 aliphatic carbocycles. The number of rotatable bonds is 8. The van der Waals surface area contributed by atoms with Crippen LogP contribution in [0, 0.1) is 17.2 Å². The maximum absolute atomic E-state index is 14.6. The molecule has 6 rings (SSSR count). The summed E-state index contributed by atoms with van der Waals surface area (Å²) in [6.45, 7) is 0.712. The number of amides is 3. The van der Waals surface area contributed by atoms with E-state index >= 15 is 0 Å². The molecule has 1 saturated carbocycles. The number of benzene rings is 3. The summed E-state index contributed by atoms with van der Waals surface area (Å²) >= 11 is 0. The van der Waals surface area contributed by atoms with Crippen LogP contribution in [0.15, 0.2) is 72.8 Å². The molecule has 3 atom stereocenters. The van der Waals surface area contributed by atoms with E-state index in [0.29, 0.717) is 49.4 Å². The fourth-order valence-corrected chi connectivity index (χ4v) is 7.14. The van der Waals surface area contributed by atoms with Crippen molar-refractivity contribution in [2.75, 3.05) is 6.54 Å². The number of phenolic OH excluding ortho intramolecular Hbond substituents is 1. The van der Waals surface area contributed by atoms with Crippen LogP contribution in [-0.4, -0.2) is 51.3 Å². The van der Waals surface area contributed by atoms with Gasteiger partial charge in [0.25, 0.3) is 0 Å². The molecule has 8 heteroatoms. The quantitative estimate of drug-likeness (QED) is 0.391. The van der Waals surface area contributed by atoms with Crippen LogP contribution >= 0.6 is 0 Å². The number of nitrogens with zero attached hydrogens (tertiary/aromatic N) is 3. The van der Waals surface area contributed by atoms with E-state index in [-0.39, 0.29) is 23.5 Å². The number of carbonyl (C=O) groups is 3. The summed E-state index contributed by atoms with van der Waals surface area (Å²) < 4.78 is 0. The molecule has 0 spiro atoms. The second-order valence-electron chi connectivity index (χ2n) is 12.3. The van der Waals surface area contributed by atoms with Gasteiger partial charge in [0, 0.05) is 19.5 Å². The van der Waals surface area contributed by atoms with Gasteiger partial charge in [0.15, 0.2) is 0 Å². The normalized spacial score (nSPS) is 20.8. The van der Waals surface area contributed by atoms with E-state index in [1.54, 1.807) is 46.2 Å². The summed E-state index contributed by atoms with van der Waals surface area (Å²) in [6, 6.07) is 21.2. The number of phenols is 1. The molecular formula is C36H38N4O4. The summed E-state index contributed by atoms with van der Waals surface area (Å²) in [5.41, 5.74) is 4.09. The second kappa shape index (κ2) is 12.9. The Balaban J connectivity index is 1.35. The van der Waals surface area contributed by atoms with Crippen molar-refractivity contribution in [2.24, 2.45) is 5.92 Å². The molecule has 8 nitrogen and oxygen atoms in total. The predicted molar refractivity (Wildman–Crippen MR) is 165 cm³/mol. The van der Waals surface area contributed by atoms with Crippen molar-refractivity contribution >= 4 is 17.7 Å². The molecule has 3 aromatic rings. The lowest BCUT2D eigenvalue weighted by Crippen LogP contribution is -2.67. The number of hydrogen-bond donors (Lipinski definition) is 2. The fraction of sp³-hybridized carbons (Fsp3) is 0.389. The maximum Gasteiger partial charge on any atom is 0.247 e. The lowest BCUT2D eigenvalue weighted by molar-refractivity contribution is -0.169. The molecule has 3 aromatic carbocycles. The molecule has 226 valence electrons. The molecular weight excluding hydrogens is 552 g/mol. The molecule has 0 radical (unpaired) electrons. The van der Waals surface area contributed by atoms with Crippen LogP contribution in [0.3, 0.4) is 0 Å². The van der Waals surface area contributed by atoms with Crippen molar-refractivity contribution in [1.29, 1.82) is 5.26 Å². The standard InChI is InChI=1S/C36H38N4O4/c37-22-26-10-14-27(15-11-26)33(34(42)38-19-18-24-12-16-30(41)17-13-24)40-32(20-25-6-2-1-3-7-25)35(43)39-23-29-9-5-4-8-28(29)21-31(39)36(40)44/h4-5,8-17,25,31-33,41H,1-3,6-7,18-21,23H2,(H,38,42)/t31-,32-,33?/m0/s1. The zero-order valence-electron chi connectivity index (χ0n) is 24.8. The molecule has 1 unspecified atom stereocenters. The number of nitriles is 1. The molecule has 3 aliphatic rings. The van der Waals surface area contributed by atoms with Crippen LogP contribution in [0.2, 0.25) is 0 Å². The summed E-state index contributed by atoms with van der Waals surface area (Å²) in [4.78, 5) is 46.5. The third kappa shape index (κ3) is 6.05. The monoisotopic (exact) mass is 590 g/mol. The molecule has 44 heavy (non-hydrogen) atoms. The highest BCUT2D eigenvalue weighted by Gasteiger charge is 2.51. The summed E-state index contributed by atoms with van der Waals surface area (Å²) in [5, 5.41) is 22.1. The van der Waals surface area contributed by atoms with Crippen molar-refractivity contribution in [2.45, 2.75) is 76.0 Å². The smallest absolute Gasteiger partial charge is 0.247 e. The average Bonchev–Trinajstić information content (AvgIpc) is 3.06. The molecule has 3 amide bonds. The number of aromatic hydroxyl groups is 1. The number of carbonyl (C=O) groups excluding carboxylic acids is 3. The molecule has 0 aromatic heterocycles. The molecule has 2 N–H and O–H groups in total. The highest BCUT2D eigenvalue weighted by Crippen LogP contribution is 2.38. The van der Waals surface area contributed by atoms with Gasteiger partial charge in [-0.2, -0.15) is 5.26 Å². The van der Waals surface area contributed by atoms with Crippen LogP contribution in [-0.2, 0) is 33.8 Å². The topological polar surface area (TPSA) is 114 Å². The molecule has 0 bridgehead atoms. The van der Waals surface area contributed by atoms with Crippen LogP contribution in [0.4, 0.5) is 0 Å². The minimum Gasteiger partial charge on any atom is -0.508 e. The Hall–Kier alpha value is -4.64. The van der Waals surface area contributed by atoms with E-state index in [2.05, 4.69) is 11.4 Å². The largest absolute Gasteiger partial charge is 0.508 e. The maximum atomic E-state index is 14.6. The van der Waals surface area contributed by atoms with E-state index in [4.69, 9.17) is 0 Å². The Morgan fingerprint density at radius 1 is 0.932 bits per heavy atom. The number of hydrogen-bond acceptors (Lipinski definition) is 5. The first-order chi connectivity index (χ1) is 21.4. The number of nitrogens with one attached hydrogen (secondary N) is 1. The average molecular weight is 591 g/mol. The third-order valence-electron chi connectivity index (χ3n) is 9.50. The lowest BCUT2D eigenvalue weighted by atomic mass is 9.81. The summed E-state index contributed by atoms with van der Waals surface area (Å²) in [6.07, 6.45) is 6.90. The third-order valence-corrected chi connectivity index (χ3v) is 9.50. The van der Waals surface area contributed by atoms with Crippen LogP contribution in [0.5, 0.6) is 5.75 Å². The van der Waals surface area contributed by atoms with Gasteiger partial charge < -0.3 is 20.2 Å². The Labute approximate surface area is 258 Å². The van der Waals surface area contributed by atoms with E-state index in [1.165, 1.54) is 6.42 Å². The molecule has 2 fully saturated rings. The van der Waals surface area contributed by atoms with Gasteiger partial charge in [0.05, 0.1) is 11.6 Å². The van der Waals surface area contributed by atoms with Gasteiger partial charge in [-0.1, -0.05) is 80.6 Å². The van der Waals surface area contributed by atoms with Crippen molar-refractivity contribution in [3.05, 3.63) is 101 Å². The van der Waals surface area contributed by atoms with E-state index < -0.39 is 18.1 Å². The lowest BCUT2D eigenvalue weighted by Gasteiger charge is -2.50. The Kier molecular flexibility index (Phi) is 8.65. The van der Waals surface area contributed by atoms with Crippen LogP contribution in [0.25, 0.3) is 0 Å². The first-order valence-corrected chi connectivity index (χ1v) is 15.7. The van der Waals surface area contributed by atoms with Crippen molar-refractivity contribution < 1.29 is 19.5 Å². The Morgan fingerprint density at radius 3 is 2.34 bits per heavy atom. The first kappa shape index (κ1) is 29.4. The van der Waals surface area contributed by atoms with Crippen LogP contribution < -0.4 is 5.32 Å². The highest BCUT2D eigenvalue weighted by atomic mass is 16.3. The molecule has 2 heterocycles. The molecule has 2 aliphatic heterocycles. The number of fused-ring (bicyclic) bond motifs is 2. The fourth-order valence-electron chi connectivity index (χ4n) is 7.14. The Bertz CT molecular complexity index is 1560. The van der Waals surface area contributed by atoms with E-state index in [0.717, 1.165) is 42.4 Å². The minimum atomic E-state index is -1.02. The van der Waals surface area contributed by atoms with Gasteiger partial charge in [-0.15, -0.1) is 0 Å². The van der Waals surface area contributed by atoms with Crippen molar-refractivity contribution in [1.82, 2.24) is 15.1 Å². The van der Waals surface area contributed by atoms with Gasteiger partial charge in [-0.25, -0.2) is 0 Å². The summed E-state index contributed by atoms with van der Waals surface area (Å²) in [5.74, 6) is -0.169. The molecule has 1 saturated heterocycles. The first-order valence-electron chi connectivity index (χ1n) is 15.7. The van der Waals surface area contributed by atoms with Gasteiger partial charge in [-0.05, 0) is 65.3 Å². The van der Waals surface area contributed by atoms with Gasteiger partial charge >= 0.3 is 0 Å². The number of piperazine rings is 1. The van der Waals surface area contributed by atoms with E-state index in [9.17, 15) is 24.8 Å². The van der Waals surface area contributed by atoms with Gasteiger partial charge in [0.1, 0.15) is 23.9 Å². The Morgan fingerprint density at radius 2 is 1.64 bits per heavy atom. The summed E-state index contributed by atoms with van der Waals surface area (Å²) in [7, 11) is 0. The van der Waals surface area contributed by atoms with Crippen molar-refractivity contribution in [3.63, 3.8) is 0 Å². The zero-order valence-corrected chi connectivity index (χ0v) is 24.8. The van der Waals surface area contributed by atoms with Gasteiger partial charge in [-0.3, -0.25) is 14.4 Å².